The first-order valence-corrected chi connectivity index (χ1v) is 6.47. The van der Waals surface area contributed by atoms with Gasteiger partial charge in [-0.15, -0.1) is 0 Å². The van der Waals surface area contributed by atoms with Crippen molar-refractivity contribution in [3.8, 4) is 0 Å². The van der Waals surface area contributed by atoms with E-state index in [4.69, 9.17) is 0 Å². The Labute approximate surface area is 111 Å². The third kappa shape index (κ3) is 2.65. The zero-order valence-electron chi connectivity index (χ0n) is 10.8. The van der Waals surface area contributed by atoms with Crippen LogP contribution in [0, 0.1) is 6.92 Å². The van der Waals surface area contributed by atoms with Gasteiger partial charge in [0.2, 0.25) is 0 Å². The van der Waals surface area contributed by atoms with Crippen molar-refractivity contribution >= 4 is 5.82 Å². The number of aromatic nitrogens is 3. The van der Waals surface area contributed by atoms with E-state index in [1.54, 1.807) is 17.0 Å². The summed E-state index contributed by atoms with van der Waals surface area (Å²) in [6, 6.07) is 6.21. The van der Waals surface area contributed by atoms with E-state index in [1.807, 2.05) is 25.1 Å². The van der Waals surface area contributed by atoms with E-state index in [2.05, 4.69) is 15.3 Å². The van der Waals surface area contributed by atoms with Crippen LogP contribution in [0.25, 0.3) is 0 Å². The van der Waals surface area contributed by atoms with Crippen molar-refractivity contribution in [2.45, 2.75) is 32.4 Å². The Balaban J connectivity index is 1.77. The fourth-order valence-corrected chi connectivity index (χ4v) is 2.06. The van der Waals surface area contributed by atoms with Gasteiger partial charge in [-0.1, -0.05) is 6.07 Å². The molecule has 5 heteroatoms. The van der Waals surface area contributed by atoms with Gasteiger partial charge in [0.25, 0.3) is 5.56 Å². The monoisotopic (exact) mass is 256 g/mol. The van der Waals surface area contributed by atoms with Crippen LogP contribution >= 0.6 is 0 Å². The molecule has 5 nitrogen and oxygen atoms in total. The van der Waals surface area contributed by atoms with Crippen LogP contribution in [0.4, 0.5) is 5.82 Å². The zero-order valence-corrected chi connectivity index (χ0v) is 10.8. The van der Waals surface area contributed by atoms with Crippen LogP contribution in [-0.2, 0) is 6.54 Å². The van der Waals surface area contributed by atoms with Gasteiger partial charge in [-0.3, -0.25) is 9.78 Å². The summed E-state index contributed by atoms with van der Waals surface area (Å²) < 4.78 is 1.76. The van der Waals surface area contributed by atoms with Gasteiger partial charge in [0, 0.05) is 24.1 Å². The molecule has 3 rings (SSSR count). The Bertz CT molecular complexity index is 646. The standard InChI is InChI=1S/C14H16N4O/c1-10-3-2-4-11(17-10)9-16-13-14(19)18(8-7-15-13)12-5-6-12/h2-4,7-8,12H,5-6,9H2,1H3,(H,15,16). The smallest absolute Gasteiger partial charge is 0.293 e. The second kappa shape index (κ2) is 4.84. The molecular formula is C14H16N4O. The van der Waals surface area contributed by atoms with Crippen molar-refractivity contribution in [3.63, 3.8) is 0 Å². The average Bonchev–Trinajstić information content (AvgIpc) is 3.22. The Morgan fingerprint density at radius 2 is 2.26 bits per heavy atom. The van der Waals surface area contributed by atoms with Gasteiger partial charge in [-0.25, -0.2) is 4.98 Å². The number of rotatable bonds is 4. The summed E-state index contributed by atoms with van der Waals surface area (Å²) in [4.78, 5) is 20.7. The van der Waals surface area contributed by atoms with Gasteiger partial charge in [-0.05, 0) is 31.9 Å². The van der Waals surface area contributed by atoms with E-state index in [0.29, 0.717) is 18.4 Å². The maximum Gasteiger partial charge on any atom is 0.293 e. The molecule has 0 unspecified atom stereocenters. The van der Waals surface area contributed by atoms with E-state index in [1.165, 1.54) is 0 Å². The molecule has 0 bridgehead atoms. The topological polar surface area (TPSA) is 59.8 Å². The van der Waals surface area contributed by atoms with Crippen LogP contribution in [0.1, 0.15) is 30.3 Å². The molecule has 98 valence electrons. The number of hydrogen-bond acceptors (Lipinski definition) is 4. The van der Waals surface area contributed by atoms with E-state index in [-0.39, 0.29) is 5.56 Å². The highest BCUT2D eigenvalue weighted by Crippen LogP contribution is 2.33. The van der Waals surface area contributed by atoms with Crippen LogP contribution in [0.15, 0.2) is 35.4 Å². The third-order valence-electron chi connectivity index (χ3n) is 3.19. The molecule has 1 aliphatic rings. The normalized spacial score (nSPS) is 14.4. The molecule has 2 aromatic rings. The summed E-state index contributed by atoms with van der Waals surface area (Å²) in [5, 5.41) is 3.07. The molecule has 1 aliphatic carbocycles. The van der Waals surface area contributed by atoms with E-state index >= 15 is 0 Å². The second-order valence-corrected chi connectivity index (χ2v) is 4.84. The molecule has 1 N–H and O–H groups in total. The van der Waals surface area contributed by atoms with Crippen LogP contribution in [-0.4, -0.2) is 14.5 Å². The molecule has 19 heavy (non-hydrogen) atoms. The van der Waals surface area contributed by atoms with E-state index in [9.17, 15) is 4.79 Å². The quantitative estimate of drug-likeness (QED) is 0.907. The predicted octanol–water partition coefficient (Wildman–Crippen LogP) is 1.89. The lowest BCUT2D eigenvalue weighted by Crippen LogP contribution is -2.23. The molecule has 2 aromatic heterocycles. The van der Waals surface area contributed by atoms with Crippen molar-refractivity contribution in [2.75, 3.05) is 5.32 Å². The van der Waals surface area contributed by atoms with Crippen molar-refractivity contribution < 1.29 is 0 Å². The highest BCUT2D eigenvalue weighted by Gasteiger charge is 2.25. The average molecular weight is 256 g/mol. The van der Waals surface area contributed by atoms with Crippen molar-refractivity contribution in [1.82, 2.24) is 14.5 Å². The van der Waals surface area contributed by atoms with Crippen molar-refractivity contribution in [3.05, 3.63) is 52.3 Å². The first kappa shape index (κ1) is 11.9. The van der Waals surface area contributed by atoms with Crippen LogP contribution < -0.4 is 10.9 Å². The Hall–Kier alpha value is -2.17. The number of pyridine rings is 1. The maximum absolute atomic E-state index is 12.2. The molecular weight excluding hydrogens is 240 g/mol. The second-order valence-electron chi connectivity index (χ2n) is 4.84. The van der Waals surface area contributed by atoms with E-state index < -0.39 is 0 Å². The highest BCUT2D eigenvalue weighted by atomic mass is 16.1. The van der Waals surface area contributed by atoms with Crippen LogP contribution in [0.5, 0.6) is 0 Å². The summed E-state index contributed by atoms with van der Waals surface area (Å²) in [6.07, 6.45) is 5.60. The minimum Gasteiger partial charge on any atom is -0.360 e. The van der Waals surface area contributed by atoms with E-state index in [0.717, 1.165) is 24.2 Å². The van der Waals surface area contributed by atoms with Gasteiger partial charge in [0.1, 0.15) is 0 Å². The Morgan fingerprint density at radius 1 is 1.42 bits per heavy atom. The lowest BCUT2D eigenvalue weighted by atomic mass is 10.3. The largest absolute Gasteiger partial charge is 0.360 e. The first-order chi connectivity index (χ1) is 9.24. The van der Waals surface area contributed by atoms with Crippen molar-refractivity contribution in [2.24, 2.45) is 0 Å². The Kier molecular flexibility index (Phi) is 3.03. The first-order valence-electron chi connectivity index (χ1n) is 6.47. The summed E-state index contributed by atoms with van der Waals surface area (Å²) in [7, 11) is 0. The molecule has 0 radical (unpaired) electrons. The third-order valence-corrected chi connectivity index (χ3v) is 3.19. The lowest BCUT2D eigenvalue weighted by Gasteiger charge is -2.08. The van der Waals surface area contributed by atoms with Gasteiger partial charge in [0.15, 0.2) is 5.82 Å². The molecule has 0 spiro atoms. The van der Waals surface area contributed by atoms with Gasteiger partial charge < -0.3 is 9.88 Å². The maximum atomic E-state index is 12.2. The predicted molar refractivity (Wildman–Crippen MR) is 73.1 cm³/mol. The highest BCUT2D eigenvalue weighted by molar-refractivity contribution is 5.32. The molecule has 0 aliphatic heterocycles. The summed E-state index contributed by atoms with van der Waals surface area (Å²) >= 11 is 0. The SMILES string of the molecule is Cc1cccc(CNc2nccn(C3CC3)c2=O)n1. The fraction of sp³-hybridized carbons (Fsp3) is 0.357. The summed E-state index contributed by atoms with van der Waals surface area (Å²) in [5.74, 6) is 0.401. The molecule has 0 atom stereocenters. The zero-order chi connectivity index (χ0) is 13.2. The minimum absolute atomic E-state index is 0.0438. The minimum atomic E-state index is -0.0438. The number of aryl methyl sites for hydroxylation is 1. The molecule has 2 heterocycles. The van der Waals surface area contributed by atoms with Gasteiger partial charge in [0.05, 0.1) is 12.2 Å². The molecule has 0 saturated heterocycles. The van der Waals surface area contributed by atoms with Crippen molar-refractivity contribution in [1.29, 1.82) is 0 Å². The number of anilines is 1. The van der Waals surface area contributed by atoms with Gasteiger partial charge in [-0.2, -0.15) is 0 Å². The molecule has 0 aromatic carbocycles. The van der Waals surface area contributed by atoms with Crippen LogP contribution in [0.3, 0.4) is 0 Å². The lowest BCUT2D eigenvalue weighted by molar-refractivity contribution is 0.699. The number of nitrogens with zero attached hydrogens (tertiary/aromatic N) is 3. The molecule has 1 saturated carbocycles. The fourth-order valence-electron chi connectivity index (χ4n) is 2.06. The summed E-state index contributed by atoms with van der Waals surface area (Å²) in [5.41, 5.74) is 1.83. The number of nitrogens with one attached hydrogen (secondary N) is 1. The number of hydrogen-bond donors (Lipinski definition) is 1. The molecule has 0 amide bonds. The Morgan fingerprint density at radius 3 is 3.00 bits per heavy atom. The van der Waals surface area contributed by atoms with Gasteiger partial charge >= 0.3 is 0 Å². The van der Waals surface area contributed by atoms with Crippen LogP contribution in [0.2, 0.25) is 0 Å². The molecule has 1 fully saturated rings. The summed E-state index contributed by atoms with van der Waals surface area (Å²) in [6.45, 7) is 2.46.